The van der Waals surface area contributed by atoms with E-state index >= 15 is 0 Å². The fourth-order valence-electron chi connectivity index (χ4n) is 4.44. The van der Waals surface area contributed by atoms with E-state index in [1.54, 1.807) is 0 Å². The molecule has 0 aromatic rings. The first-order chi connectivity index (χ1) is 14.3. The zero-order valence-corrected chi connectivity index (χ0v) is 14.4. The van der Waals surface area contributed by atoms with E-state index in [4.69, 9.17) is 0 Å². The number of carbonyl (C=O) groups excluding carboxylic acids is 1. The van der Waals surface area contributed by atoms with Gasteiger partial charge >= 0.3 is 53.2 Å². The molecule has 4 saturated carbocycles. The van der Waals surface area contributed by atoms with Gasteiger partial charge in [0.15, 0.2) is 13.0 Å². The Morgan fingerprint density at radius 1 is 0.697 bits per heavy atom. The molecule has 4 aliphatic rings. The fourth-order valence-corrected chi connectivity index (χ4v) is 4.44. The molecular formula is C13H3F17O3. The van der Waals surface area contributed by atoms with Crippen LogP contribution in [-0.2, 0) is 14.3 Å². The van der Waals surface area contributed by atoms with Crippen molar-refractivity contribution in [1.82, 2.24) is 0 Å². The van der Waals surface area contributed by atoms with E-state index in [9.17, 15) is 79.4 Å². The van der Waals surface area contributed by atoms with Gasteiger partial charge in [-0.25, -0.2) is 39.5 Å². The number of hydrogen-bond donors (Lipinski definition) is 0. The Balaban J connectivity index is 2.53. The van der Waals surface area contributed by atoms with Crippen molar-refractivity contribution >= 4 is 5.97 Å². The predicted octanol–water partition coefficient (Wildman–Crippen LogP) is 4.69. The summed E-state index contributed by atoms with van der Waals surface area (Å²) >= 11 is 0. The quantitative estimate of drug-likeness (QED) is 0.301. The lowest BCUT2D eigenvalue weighted by atomic mass is 9.37. The summed E-state index contributed by atoms with van der Waals surface area (Å²) in [5, 5.41) is 0. The molecule has 0 aromatic carbocycles. The lowest BCUT2D eigenvalue weighted by molar-refractivity contribution is -0.578. The van der Waals surface area contributed by atoms with E-state index in [1.165, 1.54) is 0 Å². The Morgan fingerprint density at radius 3 is 1.39 bits per heavy atom. The van der Waals surface area contributed by atoms with Gasteiger partial charge in [-0.15, -0.1) is 8.78 Å². The first-order valence-electron chi connectivity index (χ1n) is 7.75. The highest BCUT2D eigenvalue weighted by Gasteiger charge is 3.20. The van der Waals surface area contributed by atoms with E-state index < -0.39 is 77.3 Å². The maximum Gasteiger partial charge on any atom is 0.539 e. The Kier molecular flexibility index (Phi) is 4.48. The van der Waals surface area contributed by atoms with E-state index in [2.05, 4.69) is 9.47 Å². The van der Waals surface area contributed by atoms with Crippen molar-refractivity contribution in [3.8, 4) is 0 Å². The highest BCUT2D eigenvalue weighted by atomic mass is 19.3. The van der Waals surface area contributed by atoms with Crippen LogP contribution in [0.2, 0.25) is 0 Å². The zero-order chi connectivity index (χ0) is 26.3. The molecule has 0 aliphatic heterocycles. The minimum absolute atomic E-state index is 2.38. The molecule has 3 unspecified atom stereocenters. The maximum absolute atomic E-state index is 14.7. The molecule has 0 N–H and O–H groups in total. The molecule has 0 aromatic heterocycles. The van der Waals surface area contributed by atoms with Gasteiger partial charge in [-0.1, -0.05) is 0 Å². The second kappa shape index (κ2) is 5.72. The standard InChI is InChI=1S/C13H3F17O3/c14-1-32-13(29,30)33-3(31)4-2(15)5(16)10(23,24)6(17,8(4,19)20)12(27,28)7(18,9(4,21)22)11(5,25)26/h2H,1H2. The number of ether oxygens (including phenoxy) is 2. The van der Waals surface area contributed by atoms with Gasteiger partial charge in [0.25, 0.3) is 5.67 Å². The first kappa shape index (κ1) is 25.9. The third-order valence-electron chi connectivity index (χ3n) is 5.99. The Morgan fingerprint density at radius 2 is 1.06 bits per heavy atom. The average molecular weight is 530 g/mol. The van der Waals surface area contributed by atoms with Crippen LogP contribution in [-0.4, -0.2) is 71.9 Å². The lowest BCUT2D eigenvalue weighted by Crippen LogP contribution is -3.06. The van der Waals surface area contributed by atoms with Gasteiger partial charge in [0.1, 0.15) is 0 Å². The van der Waals surface area contributed by atoms with Crippen LogP contribution in [0.15, 0.2) is 0 Å². The van der Waals surface area contributed by atoms with Crippen molar-refractivity contribution in [2.24, 2.45) is 5.41 Å². The monoisotopic (exact) mass is 530 g/mol. The summed E-state index contributed by atoms with van der Waals surface area (Å²) in [7, 11) is 0. The summed E-state index contributed by atoms with van der Waals surface area (Å²) in [6.45, 7) is -2.79. The minimum atomic E-state index is -8.02. The normalized spacial score (nSPS) is 45.7. The lowest BCUT2D eigenvalue weighted by Gasteiger charge is -2.73. The van der Waals surface area contributed by atoms with Gasteiger partial charge in [0.2, 0.25) is 5.41 Å². The number of esters is 1. The zero-order valence-electron chi connectivity index (χ0n) is 14.4. The Labute approximate surface area is 167 Å². The summed E-state index contributed by atoms with van der Waals surface area (Å²) in [4.78, 5) is 11.7. The van der Waals surface area contributed by atoms with Crippen LogP contribution in [0, 0.1) is 5.41 Å². The minimum Gasteiger partial charge on any atom is -0.376 e. The van der Waals surface area contributed by atoms with Gasteiger partial charge in [-0.05, 0) is 0 Å². The molecule has 0 saturated heterocycles. The average Bonchev–Trinajstić information content (AvgIpc) is 2.61. The molecule has 0 radical (unpaired) electrons. The molecule has 4 bridgehead atoms. The number of alkyl halides is 17. The van der Waals surface area contributed by atoms with Gasteiger partial charge < -0.3 is 4.74 Å². The van der Waals surface area contributed by atoms with Gasteiger partial charge in [0, 0.05) is 0 Å². The molecule has 0 spiro atoms. The number of carbonyl (C=O) groups is 1. The molecule has 4 fully saturated rings. The van der Waals surface area contributed by atoms with Crippen molar-refractivity contribution in [3.05, 3.63) is 0 Å². The largest absolute Gasteiger partial charge is 0.539 e. The van der Waals surface area contributed by atoms with Crippen LogP contribution in [0.25, 0.3) is 0 Å². The second-order valence-corrected chi connectivity index (χ2v) is 7.18. The summed E-state index contributed by atoms with van der Waals surface area (Å²) in [5.74, 6) is -43.9. The van der Waals surface area contributed by atoms with E-state index in [0.717, 1.165) is 0 Å². The summed E-state index contributed by atoms with van der Waals surface area (Å²) < 4.78 is 245. The Hall–Kier alpha value is -1.76. The highest BCUT2D eigenvalue weighted by molar-refractivity contribution is 5.85. The van der Waals surface area contributed by atoms with Crippen molar-refractivity contribution < 1.29 is 88.9 Å². The van der Waals surface area contributed by atoms with Crippen molar-refractivity contribution in [2.75, 3.05) is 6.86 Å². The Bertz CT molecular complexity index is 857. The van der Waals surface area contributed by atoms with Gasteiger partial charge in [-0.3, -0.25) is 9.53 Å². The van der Waals surface area contributed by atoms with Crippen LogP contribution < -0.4 is 0 Å². The molecule has 4 aliphatic carbocycles. The number of rotatable bonds is 4. The highest BCUT2D eigenvalue weighted by Crippen LogP contribution is 2.88. The molecule has 3 nitrogen and oxygen atoms in total. The van der Waals surface area contributed by atoms with E-state index in [0.29, 0.717) is 0 Å². The van der Waals surface area contributed by atoms with Crippen molar-refractivity contribution in [3.63, 3.8) is 0 Å². The van der Waals surface area contributed by atoms with Crippen LogP contribution in [0.3, 0.4) is 0 Å². The smallest absolute Gasteiger partial charge is 0.376 e. The van der Waals surface area contributed by atoms with Crippen LogP contribution in [0.1, 0.15) is 0 Å². The molecular weight excluding hydrogens is 527 g/mol. The van der Waals surface area contributed by atoms with Crippen LogP contribution in [0.4, 0.5) is 74.6 Å². The third kappa shape index (κ3) is 1.82. The SMILES string of the molecule is O=C(OC(F)(F)OCF)C12C(F)C3(F)C(F)(F)C(F)(C1(F)F)C(F)(F)C(F)(C3(F)F)C2(F)F. The molecule has 0 heterocycles. The fraction of sp³-hybridized carbons (Fsp3) is 0.923. The van der Waals surface area contributed by atoms with E-state index in [-0.39, 0.29) is 0 Å². The molecule has 33 heavy (non-hydrogen) atoms. The topological polar surface area (TPSA) is 35.5 Å². The van der Waals surface area contributed by atoms with Crippen molar-refractivity contribution in [2.45, 2.75) is 59.1 Å². The summed E-state index contributed by atoms with van der Waals surface area (Å²) in [6, 6.07) is 0. The van der Waals surface area contributed by atoms with Gasteiger partial charge in [-0.2, -0.15) is 26.3 Å². The van der Waals surface area contributed by atoms with Crippen LogP contribution >= 0.6 is 0 Å². The first-order valence-corrected chi connectivity index (χ1v) is 7.75. The second-order valence-electron chi connectivity index (χ2n) is 7.18. The third-order valence-corrected chi connectivity index (χ3v) is 5.99. The predicted molar refractivity (Wildman–Crippen MR) is 61.7 cm³/mol. The number of halogens is 17. The summed E-state index contributed by atoms with van der Waals surface area (Å²) in [5.41, 5.74) is -30.4. The van der Waals surface area contributed by atoms with Crippen LogP contribution in [0.5, 0.6) is 0 Å². The number of hydrogen-bond acceptors (Lipinski definition) is 3. The maximum atomic E-state index is 14.7. The molecule has 0 amide bonds. The molecule has 192 valence electrons. The molecule has 3 atom stereocenters. The van der Waals surface area contributed by atoms with E-state index in [1.807, 2.05) is 0 Å². The summed E-state index contributed by atoms with van der Waals surface area (Å²) in [6.07, 6.45) is -12.4. The molecule has 20 heteroatoms. The van der Waals surface area contributed by atoms with Crippen molar-refractivity contribution in [1.29, 1.82) is 0 Å². The van der Waals surface area contributed by atoms with Gasteiger partial charge in [0.05, 0.1) is 0 Å². The molecule has 4 rings (SSSR count).